The van der Waals surface area contributed by atoms with Crippen LogP contribution >= 0.6 is 11.8 Å². The molecule has 2 nitrogen and oxygen atoms in total. The fourth-order valence-electron chi connectivity index (χ4n) is 2.11. The zero-order valence-electron chi connectivity index (χ0n) is 10.2. The molecule has 19 heavy (non-hydrogen) atoms. The largest absolute Gasteiger partial charge is 0.416 e. The van der Waals surface area contributed by atoms with E-state index < -0.39 is 11.7 Å². The average Bonchev–Trinajstić information content (AvgIpc) is 2.38. The average molecular weight is 289 g/mol. The van der Waals surface area contributed by atoms with E-state index in [0.29, 0.717) is 5.75 Å². The molecule has 0 bridgehead atoms. The second kappa shape index (κ2) is 5.45. The van der Waals surface area contributed by atoms with Crippen LogP contribution in [0.3, 0.4) is 0 Å². The van der Waals surface area contributed by atoms with E-state index >= 15 is 0 Å². The number of rotatable bonds is 2. The minimum Gasteiger partial charge on any atom is -0.398 e. The summed E-state index contributed by atoms with van der Waals surface area (Å²) in [6.45, 7) is 0. The molecule has 1 aliphatic heterocycles. The van der Waals surface area contributed by atoms with Gasteiger partial charge in [0.1, 0.15) is 0 Å². The van der Waals surface area contributed by atoms with Crippen molar-refractivity contribution in [3.8, 4) is 0 Å². The molecular weight excluding hydrogens is 275 g/mol. The van der Waals surface area contributed by atoms with Gasteiger partial charge in [0.05, 0.1) is 5.56 Å². The van der Waals surface area contributed by atoms with Gasteiger partial charge in [0, 0.05) is 22.9 Å². The topological polar surface area (TPSA) is 43.1 Å². The predicted molar refractivity (Wildman–Crippen MR) is 70.2 cm³/mol. The smallest absolute Gasteiger partial charge is 0.398 e. The van der Waals surface area contributed by atoms with E-state index in [1.165, 1.54) is 0 Å². The highest BCUT2D eigenvalue weighted by Gasteiger charge is 2.32. The van der Waals surface area contributed by atoms with E-state index in [2.05, 4.69) is 0 Å². The van der Waals surface area contributed by atoms with Crippen molar-refractivity contribution < 1.29 is 18.0 Å². The van der Waals surface area contributed by atoms with Gasteiger partial charge in [-0.15, -0.1) is 0 Å². The van der Waals surface area contributed by atoms with Crippen molar-refractivity contribution >= 4 is 23.2 Å². The van der Waals surface area contributed by atoms with Crippen LogP contribution in [-0.4, -0.2) is 17.3 Å². The number of hydrogen-bond acceptors (Lipinski definition) is 3. The molecule has 1 unspecified atom stereocenters. The third kappa shape index (κ3) is 3.23. The number of nitrogen functional groups attached to an aromatic ring is 1. The van der Waals surface area contributed by atoms with E-state index in [0.717, 1.165) is 36.8 Å². The molecule has 2 N–H and O–H groups in total. The number of nitrogens with two attached hydrogens (primary N) is 1. The van der Waals surface area contributed by atoms with Gasteiger partial charge in [-0.2, -0.15) is 24.9 Å². The number of ketones is 1. The lowest BCUT2D eigenvalue weighted by atomic mass is 9.92. The van der Waals surface area contributed by atoms with Crippen molar-refractivity contribution in [3.05, 3.63) is 29.3 Å². The normalized spacial score (nSPS) is 20.3. The minimum atomic E-state index is -4.45. The summed E-state index contributed by atoms with van der Waals surface area (Å²) in [5.41, 5.74) is 4.94. The molecule has 0 amide bonds. The summed E-state index contributed by atoms with van der Waals surface area (Å²) in [6, 6.07) is 2.94. The Hall–Kier alpha value is -1.17. The fraction of sp³-hybridized carbons (Fsp3) is 0.462. The highest BCUT2D eigenvalue weighted by atomic mass is 32.2. The monoisotopic (exact) mass is 289 g/mol. The second-order valence-corrected chi connectivity index (χ2v) is 5.73. The van der Waals surface area contributed by atoms with Gasteiger partial charge in [-0.1, -0.05) is 0 Å². The molecular formula is C13H14F3NOS. The van der Waals surface area contributed by atoms with Crippen LogP contribution in [0.1, 0.15) is 28.8 Å². The quantitative estimate of drug-likeness (QED) is 0.668. The molecule has 1 aromatic carbocycles. The number of benzene rings is 1. The number of thioether (sulfide) groups is 1. The Morgan fingerprint density at radius 3 is 2.68 bits per heavy atom. The molecule has 0 aliphatic carbocycles. The van der Waals surface area contributed by atoms with Crippen LogP contribution in [0, 0.1) is 5.92 Å². The first-order valence-corrected chi connectivity index (χ1v) is 7.14. The summed E-state index contributed by atoms with van der Waals surface area (Å²) < 4.78 is 37.9. The number of hydrogen-bond donors (Lipinski definition) is 1. The lowest BCUT2D eigenvalue weighted by Crippen LogP contribution is -2.22. The van der Waals surface area contributed by atoms with E-state index in [-0.39, 0.29) is 23.0 Å². The Balaban J connectivity index is 2.30. The van der Waals surface area contributed by atoms with E-state index in [9.17, 15) is 18.0 Å². The lowest BCUT2D eigenvalue weighted by molar-refractivity contribution is -0.137. The number of carbonyl (C=O) groups is 1. The number of Topliss-reactive ketones (excluding diaryl/α,β-unsaturated/α-hetero) is 1. The van der Waals surface area contributed by atoms with E-state index in [4.69, 9.17) is 5.73 Å². The van der Waals surface area contributed by atoms with E-state index in [1.54, 1.807) is 11.8 Å². The molecule has 0 aromatic heterocycles. The number of anilines is 1. The zero-order valence-corrected chi connectivity index (χ0v) is 11.0. The Bertz CT molecular complexity index is 481. The van der Waals surface area contributed by atoms with Crippen molar-refractivity contribution in [2.75, 3.05) is 17.2 Å². The Kier molecular flexibility index (Phi) is 4.08. The van der Waals surface area contributed by atoms with Crippen molar-refractivity contribution in [3.63, 3.8) is 0 Å². The van der Waals surface area contributed by atoms with Gasteiger partial charge >= 0.3 is 6.18 Å². The summed E-state index contributed by atoms with van der Waals surface area (Å²) in [6.07, 6.45) is -2.81. The van der Waals surface area contributed by atoms with Crippen LogP contribution in [0.25, 0.3) is 0 Å². The maximum absolute atomic E-state index is 12.6. The number of alkyl halides is 3. The molecule has 2 rings (SSSR count). The van der Waals surface area contributed by atoms with Crippen molar-refractivity contribution in [2.24, 2.45) is 5.92 Å². The van der Waals surface area contributed by atoms with Crippen molar-refractivity contribution in [1.29, 1.82) is 0 Å². The molecule has 1 aliphatic rings. The van der Waals surface area contributed by atoms with Gasteiger partial charge < -0.3 is 5.73 Å². The van der Waals surface area contributed by atoms with E-state index in [1.807, 2.05) is 0 Å². The third-order valence-electron chi connectivity index (χ3n) is 3.18. The summed E-state index contributed by atoms with van der Waals surface area (Å²) >= 11 is 1.66. The van der Waals surface area contributed by atoms with Gasteiger partial charge in [0.15, 0.2) is 5.78 Å². The molecule has 104 valence electrons. The van der Waals surface area contributed by atoms with Crippen LogP contribution in [0.15, 0.2) is 18.2 Å². The highest BCUT2D eigenvalue weighted by molar-refractivity contribution is 7.99. The molecule has 1 heterocycles. The summed E-state index contributed by atoms with van der Waals surface area (Å²) in [4.78, 5) is 12.2. The third-order valence-corrected chi connectivity index (χ3v) is 4.39. The van der Waals surface area contributed by atoms with Gasteiger partial charge in [0.2, 0.25) is 0 Å². The highest BCUT2D eigenvalue weighted by Crippen LogP contribution is 2.33. The van der Waals surface area contributed by atoms with Crippen LogP contribution in [0.4, 0.5) is 18.9 Å². The Labute approximate surface area is 113 Å². The molecule has 1 fully saturated rings. The molecule has 1 aromatic rings. The van der Waals surface area contributed by atoms with Gasteiger partial charge in [0.25, 0.3) is 0 Å². The molecule has 1 saturated heterocycles. The van der Waals surface area contributed by atoms with Crippen LogP contribution in [0.5, 0.6) is 0 Å². The number of carbonyl (C=O) groups excluding carboxylic acids is 1. The van der Waals surface area contributed by atoms with Crippen molar-refractivity contribution in [2.45, 2.75) is 19.0 Å². The van der Waals surface area contributed by atoms with Gasteiger partial charge in [-0.05, 0) is 36.8 Å². The molecule has 0 spiro atoms. The zero-order chi connectivity index (χ0) is 14.0. The summed E-state index contributed by atoms with van der Waals surface area (Å²) in [7, 11) is 0. The van der Waals surface area contributed by atoms with Gasteiger partial charge in [-0.25, -0.2) is 0 Å². The fourth-order valence-corrected chi connectivity index (χ4v) is 3.25. The maximum Gasteiger partial charge on any atom is 0.416 e. The first kappa shape index (κ1) is 14.2. The maximum atomic E-state index is 12.6. The van der Waals surface area contributed by atoms with Crippen molar-refractivity contribution in [1.82, 2.24) is 0 Å². The SMILES string of the molecule is Nc1ccc(C(F)(F)F)cc1C(=O)C1CCCSC1. The van der Waals surface area contributed by atoms with Crippen LogP contribution in [0.2, 0.25) is 0 Å². The second-order valence-electron chi connectivity index (χ2n) is 4.58. The standard InChI is InChI=1S/C13H14F3NOS/c14-13(15,16)9-3-4-11(17)10(6-9)12(18)8-2-1-5-19-7-8/h3-4,6,8H,1-2,5,7,17H2. The molecule has 0 radical (unpaired) electrons. The first-order valence-electron chi connectivity index (χ1n) is 5.98. The molecule has 6 heteroatoms. The molecule has 1 atom stereocenters. The Morgan fingerprint density at radius 2 is 2.11 bits per heavy atom. The van der Waals surface area contributed by atoms with Crippen LogP contribution in [-0.2, 0) is 6.18 Å². The van der Waals surface area contributed by atoms with Gasteiger partial charge in [-0.3, -0.25) is 4.79 Å². The summed E-state index contributed by atoms with van der Waals surface area (Å²) in [5.74, 6) is 1.18. The molecule has 0 saturated carbocycles. The number of halogens is 3. The van der Waals surface area contributed by atoms with Crippen LogP contribution < -0.4 is 5.73 Å². The lowest BCUT2D eigenvalue weighted by Gasteiger charge is -2.21. The first-order chi connectivity index (χ1) is 8.89. The minimum absolute atomic E-state index is 0.00215. The predicted octanol–water partition coefficient (Wildman–Crippen LogP) is 3.61. The Morgan fingerprint density at radius 1 is 1.37 bits per heavy atom. The summed E-state index contributed by atoms with van der Waals surface area (Å²) in [5, 5.41) is 0.